The van der Waals surface area contributed by atoms with Gasteiger partial charge in [-0.15, -0.1) is 0 Å². The van der Waals surface area contributed by atoms with Gasteiger partial charge in [0.25, 0.3) is 11.7 Å². The van der Waals surface area contributed by atoms with Crippen molar-refractivity contribution in [2.24, 2.45) is 41.4 Å². The quantitative estimate of drug-likeness (QED) is 0.181. The first-order valence-electron chi connectivity index (χ1n) is 23.5. The lowest BCUT2D eigenvalue weighted by atomic mass is 9.68. The van der Waals surface area contributed by atoms with Crippen molar-refractivity contribution in [3.05, 3.63) is 47.6 Å². The number of ether oxygens (including phenoxy) is 5. The lowest BCUT2D eigenvalue weighted by Crippen LogP contribution is -2.65. The Morgan fingerprint density at radius 3 is 2.27 bits per heavy atom. The minimum Gasteiger partial charge on any atom is -0.460 e. The van der Waals surface area contributed by atoms with Gasteiger partial charge in [-0.25, -0.2) is 4.79 Å². The van der Waals surface area contributed by atoms with E-state index >= 15 is 0 Å². The molecule has 4 aliphatic heterocycles. The predicted molar refractivity (Wildman–Crippen MR) is 238 cm³/mol. The number of esters is 1. The van der Waals surface area contributed by atoms with Crippen molar-refractivity contribution in [2.45, 2.75) is 167 Å². The molecule has 1 aliphatic carbocycles. The zero-order valence-electron chi connectivity index (χ0n) is 39.5. The molecule has 10 unspecified atom stereocenters. The van der Waals surface area contributed by atoms with E-state index < -0.39 is 95.7 Å². The molecule has 64 heavy (non-hydrogen) atoms. The van der Waals surface area contributed by atoms with E-state index in [4.69, 9.17) is 23.7 Å². The van der Waals surface area contributed by atoms with E-state index in [1.54, 1.807) is 41.1 Å². The van der Waals surface area contributed by atoms with Crippen LogP contribution in [0.25, 0.3) is 0 Å². The molecule has 0 aromatic heterocycles. The minimum atomic E-state index is -2.43. The van der Waals surface area contributed by atoms with E-state index in [2.05, 4.69) is 0 Å². The smallest absolute Gasteiger partial charge is 0.329 e. The summed E-state index contributed by atoms with van der Waals surface area (Å²) in [5.41, 5.74) is 1.28. The van der Waals surface area contributed by atoms with Crippen LogP contribution in [0.2, 0.25) is 0 Å². The number of hydrogen-bond acceptors (Lipinski definition) is 13. The maximum absolute atomic E-state index is 14.4. The fourth-order valence-electron chi connectivity index (χ4n) is 10.9. The maximum atomic E-state index is 14.4. The lowest BCUT2D eigenvalue weighted by Gasteiger charge is -2.50. The molecule has 5 rings (SSSR count). The zero-order valence-corrected chi connectivity index (χ0v) is 39.5. The van der Waals surface area contributed by atoms with Crippen molar-refractivity contribution >= 4 is 29.2 Å². The van der Waals surface area contributed by atoms with Gasteiger partial charge in [0.1, 0.15) is 30.1 Å². The van der Waals surface area contributed by atoms with Crippen molar-refractivity contribution in [3.8, 4) is 0 Å². The van der Waals surface area contributed by atoms with Gasteiger partial charge < -0.3 is 43.9 Å². The first-order chi connectivity index (χ1) is 30.3. The van der Waals surface area contributed by atoms with Crippen molar-refractivity contribution in [2.75, 3.05) is 27.9 Å². The first kappa shape index (κ1) is 51.6. The largest absolute Gasteiger partial charge is 0.460 e. The Bertz CT molecular complexity index is 1790. The highest BCUT2D eigenvalue weighted by Gasteiger charge is 2.57. The number of ketones is 3. The summed E-state index contributed by atoms with van der Waals surface area (Å²) in [7, 11) is 4.52. The molecule has 4 fully saturated rings. The number of aliphatic hydroxyl groups is 3. The van der Waals surface area contributed by atoms with Gasteiger partial charge in [-0.2, -0.15) is 0 Å². The topological polar surface area (TPSA) is 195 Å². The van der Waals surface area contributed by atoms with E-state index in [0.717, 1.165) is 5.57 Å². The van der Waals surface area contributed by atoms with Gasteiger partial charge in [-0.05, 0) is 101 Å². The molecule has 3 saturated heterocycles. The molecule has 14 heteroatoms. The number of piperidine rings is 1. The number of methoxy groups -OCH3 is 3. The molecule has 14 nitrogen and oxygen atoms in total. The number of aliphatic hydroxyl groups excluding tert-OH is 2. The van der Waals surface area contributed by atoms with Crippen LogP contribution in [0, 0.1) is 41.4 Å². The number of carbonyl (C=O) groups excluding carboxylic acids is 5. The number of amides is 1. The van der Waals surface area contributed by atoms with Crippen molar-refractivity contribution < 1.29 is 63.0 Å². The molecule has 3 N–H and O–H groups in total. The average molecular weight is 898 g/mol. The average Bonchev–Trinajstić information content (AvgIpc) is 3.27. The van der Waals surface area contributed by atoms with Crippen LogP contribution in [0.3, 0.4) is 0 Å². The third-order valence-electron chi connectivity index (χ3n) is 14.9. The van der Waals surface area contributed by atoms with E-state index in [-0.39, 0.29) is 42.5 Å². The third-order valence-corrected chi connectivity index (χ3v) is 14.9. The normalized spacial score (nSPS) is 43.2. The molecule has 4 heterocycles. The standard InChI is InChI=1S/C50H75NO13/c1-28-14-11-10-12-15-29(2)40(60-7)26-35-19-17-33(6)50(59,64-35)47(56)48(57)51-21-13-16-36-37(24-34-18-20-38(52)42(25-34)61-8)41(63-49(58)43(36)51)27-39(53)30(3)23-32(5)45(55)46(62-9)44(54)31(4)22-28/h10-12,14-15,23,28,30-31,33-38,40-43,45-46,52,55,59H,13,16-22,24-27H2,1-9H3/b12-10+,14-11+,29-15+,32-23+/t28-,30-,31?,33?,34?,35+,36?,37+,38?,40+,41?,42?,43?,45?,46+,50?/m1/s1. The number of nitrogens with zero attached hydrogens (tertiary/aromatic N) is 1. The second-order valence-corrected chi connectivity index (χ2v) is 19.5. The summed E-state index contributed by atoms with van der Waals surface area (Å²) in [6.45, 7) is 10.9. The highest BCUT2D eigenvalue weighted by Crippen LogP contribution is 2.45. The Morgan fingerprint density at radius 2 is 1.58 bits per heavy atom. The number of carbonyl (C=O) groups is 5. The molecule has 1 amide bonds. The first-order valence-corrected chi connectivity index (χ1v) is 23.5. The van der Waals surface area contributed by atoms with Crippen LogP contribution in [0.4, 0.5) is 0 Å². The van der Waals surface area contributed by atoms with Gasteiger partial charge in [0.2, 0.25) is 5.79 Å². The highest BCUT2D eigenvalue weighted by atomic mass is 16.6. The summed E-state index contributed by atoms with van der Waals surface area (Å²) in [5.74, 6) is -8.43. The Hall–Kier alpha value is -3.37. The fourth-order valence-corrected chi connectivity index (χ4v) is 10.9. The van der Waals surface area contributed by atoms with Crippen molar-refractivity contribution in [1.82, 2.24) is 4.90 Å². The number of Topliss-reactive ketones (excluding diaryl/α,β-unsaturated/α-hetero) is 3. The molecular formula is C50H75NO13. The highest BCUT2D eigenvalue weighted by molar-refractivity contribution is 6.39. The van der Waals surface area contributed by atoms with Gasteiger partial charge in [0, 0.05) is 64.4 Å². The predicted octanol–water partition coefficient (Wildman–Crippen LogP) is 5.40. The van der Waals surface area contributed by atoms with Gasteiger partial charge in [-0.1, -0.05) is 64.2 Å². The minimum absolute atomic E-state index is 0.0231. The van der Waals surface area contributed by atoms with Crippen molar-refractivity contribution in [3.63, 3.8) is 0 Å². The van der Waals surface area contributed by atoms with Crippen molar-refractivity contribution in [1.29, 1.82) is 0 Å². The summed E-state index contributed by atoms with van der Waals surface area (Å²) in [6.07, 6.45) is 10.8. The monoisotopic (exact) mass is 898 g/mol. The third kappa shape index (κ3) is 12.0. The Morgan fingerprint density at radius 1 is 0.844 bits per heavy atom. The number of hydrogen-bond donors (Lipinski definition) is 3. The lowest BCUT2D eigenvalue weighted by molar-refractivity contribution is -0.266. The Balaban J connectivity index is 1.51. The van der Waals surface area contributed by atoms with Crippen LogP contribution in [0.5, 0.6) is 0 Å². The van der Waals surface area contributed by atoms with E-state index in [0.29, 0.717) is 69.8 Å². The molecule has 0 aromatic rings. The molecule has 1 saturated carbocycles. The number of allylic oxidation sites excluding steroid dienone is 6. The summed E-state index contributed by atoms with van der Waals surface area (Å²) in [4.78, 5) is 72.0. The van der Waals surface area contributed by atoms with Crippen LogP contribution in [-0.4, -0.2) is 132 Å². The molecule has 0 spiro atoms. The van der Waals surface area contributed by atoms with E-state index in [1.165, 1.54) is 12.0 Å². The second kappa shape index (κ2) is 22.9. The van der Waals surface area contributed by atoms with Crippen LogP contribution in [0.1, 0.15) is 112 Å². The maximum Gasteiger partial charge on any atom is 0.329 e. The molecule has 358 valence electrons. The second-order valence-electron chi connectivity index (χ2n) is 19.5. The molecular weight excluding hydrogens is 823 g/mol. The van der Waals surface area contributed by atoms with Crippen LogP contribution >= 0.6 is 0 Å². The van der Waals surface area contributed by atoms with Gasteiger partial charge in [-0.3, -0.25) is 19.2 Å². The summed E-state index contributed by atoms with van der Waals surface area (Å²) in [6, 6.07) is -1.12. The molecule has 5 aliphatic rings. The van der Waals surface area contributed by atoms with E-state index in [1.807, 2.05) is 51.2 Å². The van der Waals surface area contributed by atoms with Gasteiger partial charge in [0.05, 0.1) is 24.4 Å². The number of fused-ring (bicyclic) bond motifs is 3. The molecule has 0 aromatic carbocycles. The fraction of sp³-hybridized carbons (Fsp3) is 0.740. The summed E-state index contributed by atoms with van der Waals surface area (Å²) >= 11 is 0. The Labute approximate surface area is 379 Å². The summed E-state index contributed by atoms with van der Waals surface area (Å²) in [5, 5.41) is 34.1. The van der Waals surface area contributed by atoms with Crippen LogP contribution in [0.15, 0.2) is 47.6 Å². The Kier molecular flexibility index (Phi) is 18.5. The van der Waals surface area contributed by atoms with E-state index in [9.17, 15) is 39.3 Å². The molecule has 16 atom stereocenters. The zero-order chi connectivity index (χ0) is 47.0. The van der Waals surface area contributed by atoms with Crippen LogP contribution < -0.4 is 0 Å². The number of rotatable bonds is 5. The van der Waals surface area contributed by atoms with Gasteiger partial charge in [0.15, 0.2) is 5.78 Å². The van der Waals surface area contributed by atoms with Gasteiger partial charge >= 0.3 is 5.97 Å². The SMILES string of the molecule is COC1CC(C[C@@H]2C3CC(=O)[C@H](C)/C=C(\C)C(O)[C@@H](OC)C(=O)C(C)C[C@H](C)/C=C/C=C/C=C(\C)[C@@H](OC)C[C@@H]4CCC(C)C(O)(O4)C(=O)C(=O)N4CCCC2C4C(=O)O3)CCC1O. The molecule has 0 radical (unpaired) electrons. The summed E-state index contributed by atoms with van der Waals surface area (Å²) < 4.78 is 29.4. The molecule has 6 bridgehead atoms. The van der Waals surface area contributed by atoms with Crippen LogP contribution in [-0.2, 0) is 47.7 Å².